The van der Waals surface area contributed by atoms with E-state index >= 15 is 0 Å². The highest BCUT2D eigenvalue weighted by Gasteiger charge is 2.25. The van der Waals surface area contributed by atoms with Gasteiger partial charge in [-0.05, 0) is 62.1 Å². The van der Waals surface area contributed by atoms with Crippen molar-refractivity contribution in [2.24, 2.45) is 7.05 Å². The number of tetrazole rings is 1. The van der Waals surface area contributed by atoms with Crippen molar-refractivity contribution in [1.29, 1.82) is 5.26 Å². The standard InChI is InChI=1S/C30H32N12O2/c1-18-32-27-21(33-20-9-6-8-19(28(20)43-3)29-37-39-40(2)38-29)16-25(36-30(27)42(18)26-10-4-5-15-44-26)35-24-12-11-23(22(17-31)34-24)41-13-7-14-41/h6,8-9,11-12,16,26H,4-5,7,10,13-15H2,1-3H3,(H2,33,34,35,36). The van der Waals surface area contributed by atoms with Gasteiger partial charge in [-0.2, -0.15) is 10.1 Å². The third-order valence-electron chi connectivity index (χ3n) is 7.94. The molecule has 1 unspecified atom stereocenters. The second kappa shape index (κ2) is 11.4. The summed E-state index contributed by atoms with van der Waals surface area (Å²) in [6.45, 7) is 4.52. The number of rotatable bonds is 8. The van der Waals surface area contributed by atoms with Crippen LogP contribution in [0, 0.1) is 18.3 Å². The number of para-hydroxylation sites is 1. The number of imidazole rings is 1. The molecule has 4 aromatic heterocycles. The van der Waals surface area contributed by atoms with Gasteiger partial charge < -0.3 is 25.0 Å². The van der Waals surface area contributed by atoms with Gasteiger partial charge in [-0.15, -0.1) is 10.2 Å². The van der Waals surface area contributed by atoms with E-state index in [1.807, 2.05) is 43.3 Å². The summed E-state index contributed by atoms with van der Waals surface area (Å²) in [5.74, 6) is 2.87. The molecule has 0 saturated carbocycles. The van der Waals surface area contributed by atoms with E-state index in [0.717, 1.165) is 50.3 Å². The van der Waals surface area contributed by atoms with Gasteiger partial charge in [0.15, 0.2) is 17.1 Å². The lowest BCUT2D eigenvalue weighted by molar-refractivity contribution is -0.0308. The van der Waals surface area contributed by atoms with Crippen molar-refractivity contribution in [3.63, 3.8) is 0 Å². The van der Waals surface area contributed by atoms with Gasteiger partial charge in [-0.3, -0.25) is 4.57 Å². The molecule has 2 saturated heterocycles. The maximum Gasteiger partial charge on any atom is 0.208 e. The van der Waals surface area contributed by atoms with E-state index in [1.165, 1.54) is 4.80 Å². The molecule has 0 aliphatic carbocycles. The van der Waals surface area contributed by atoms with Crippen LogP contribution < -0.4 is 20.3 Å². The maximum atomic E-state index is 9.82. The molecule has 2 aliphatic heterocycles. The highest BCUT2D eigenvalue weighted by molar-refractivity contribution is 5.92. The fraction of sp³-hybridized carbons (Fsp3) is 0.367. The van der Waals surface area contributed by atoms with Crippen LogP contribution in [0.2, 0.25) is 0 Å². The molecule has 14 nitrogen and oxygen atoms in total. The monoisotopic (exact) mass is 592 g/mol. The minimum atomic E-state index is -0.163. The Bertz CT molecular complexity index is 1880. The molecule has 1 atom stereocenters. The number of nitrogens with one attached hydrogen (secondary N) is 2. The molecule has 2 fully saturated rings. The first-order chi connectivity index (χ1) is 21.5. The number of pyridine rings is 2. The van der Waals surface area contributed by atoms with E-state index in [-0.39, 0.29) is 6.23 Å². The maximum absolute atomic E-state index is 9.82. The van der Waals surface area contributed by atoms with Crippen LogP contribution in [-0.4, -0.2) is 66.5 Å². The number of hydrogen-bond acceptors (Lipinski definition) is 12. The lowest BCUT2D eigenvalue weighted by Crippen LogP contribution is -2.37. The summed E-state index contributed by atoms with van der Waals surface area (Å²) < 4.78 is 14.1. The molecule has 14 heteroatoms. The van der Waals surface area contributed by atoms with Crippen LogP contribution in [0.5, 0.6) is 5.75 Å². The molecule has 7 rings (SSSR count). The molecule has 0 radical (unpaired) electrons. The molecule has 6 heterocycles. The van der Waals surface area contributed by atoms with Crippen molar-refractivity contribution in [3.8, 4) is 23.2 Å². The lowest BCUT2D eigenvalue weighted by Gasteiger charge is -2.33. The van der Waals surface area contributed by atoms with E-state index in [4.69, 9.17) is 19.4 Å². The number of nitriles is 1. The normalized spacial score (nSPS) is 16.4. The summed E-state index contributed by atoms with van der Waals surface area (Å²) in [4.78, 5) is 18.1. The molecular formula is C30H32N12O2. The number of aromatic nitrogens is 8. The van der Waals surface area contributed by atoms with Gasteiger partial charge in [0.05, 0.1) is 36.8 Å². The van der Waals surface area contributed by atoms with E-state index in [1.54, 1.807) is 14.2 Å². The van der Waals surface area contributed by atoms with E-state index in [0.29, 0.717) is 63.6 Å². The van der Waals surface area contributed by atoms with Gasteiger partial charge in [0.1, 0.15) is 35.3 Å². The van der Waals surface area contributed by atoms with Crippen LogP contribution in [0.15, 0.2) is 36.4 Å². The number of nitrogens with zero attached hydrogens (tertiary/aromatic N) is 10. The summed E-state index contributed by atoms with van der Waals surface area (Å²) in [5.41, 5.74) is 4.68. The first-order valence-electron chi connectivity index (χ1n) is 14.6. The zero-order chi connectivity index (χ0) is 30.2. The number of ether oxygens (including phenoxy) is 2. The smallest absolute Gasteiger partial charge is 0.208 e. The van der Waals surface area contributed by atoms with Crippen LogP contribution in [0.4, 0.5) is 28.7 Å². The molecule has 2 N–H and O–H groups in total. The zero-order valence-corrected chi connectivity index (χ0v) is 24.8. The third kappa shape index (κ3) is 5.01. The van der Waals surface area contributed by atoms with Crippen molar-refractivity contribution < 1.29 is 9.47 Å². The van der Waals surface area contributed by atoms with E-state index in [9.17, 15) is 5.26 Å². The van der Waals surface area contributed by atoms with Gasteiger partial charge in [0.25, 0.3) is 0 Å². The first kappa shape index (κ1) is 27.5. The summed E-state index contributed by atoms with van der Waals surface area (Å²) >= 11 is 0. The molecule has 2 aliphatic rings. The molecule has 1 aromatic carbocycles. The average molecular weight is 593 g/mol. The molecule has 0 bridgehead atoms. The molecule has 5 aromatic rings. The Labute approximate surface area is 253 Å². The van der Waals surface area contributed by atoms with E-state index < -0.39 is 0 Å². The molecular weight excluding hydrogens is 560 g/mol. The number of fused-ring (bicyclic) bond motifs is 1. The van der Waals surface area contributed by atoms with Crippen LogP contribution in [-0.2, 0) is 11.8 Å². The Morgan fingerprint density at radius 1 is 1.02 bits per heavy atom. The third-order valence-corrected chi connectivity index (χ3v) is 7.94. The minimum Gasteiger partial charge on any atom is -0.494 e. The van der Waals surface area contributed by atoms with Crippen LogP contribution in [0.3, 0.4) is 0 Å². The number of anilines is 5. The van der Waals surface area contributed by atoms with Crippen molar-refractivity contribution in [2.75, 3.05) is 42.3 Å². The number of benzene rings is 1. The van der Waals surface area contributed by atoms with Crippen molar-refractivity contribution in [2.45, 2.75) is 38.8 Å². The fourth-order valence-electron chi connectivity index (χ4n) is 5.72. The lowest BCUT2D eigenvalue weighted by atomic mass is 10.1. The van der Waals surface area contributed by atoms with Gasteiger partial charge >= 0.3 is 0 Å². The van der Waals surface area contributed by atoms with Crippen molar-refractivity contribution in [1.82, 2.24) is 39.7 Å². The Balaban J connectivity index is 1.32. The van der Waals surface area contributed by atoms with Crippen LogP contribution in [0.1, 0.15) is 43.4 Å². The fourth-order valence-corrected chi connectivity index (χ4v) is 5.72. The number of hydrogen-bond donors (Lipinski definition) is 2. The number of methoxy groups -OCH3 is 1. The molecule has 224 valence electrons. The summed E-state index contributed by atoms with van der Waals surface area (Å²) in [6, 6.07) is 13.6. The summed E-state index contributed by atoms with van der Waals surface area (Å²) in [5, 5.41) is 29.2. The zero-order valence-electron chi connectivity index (χ0n) is 24.8. The summed E-state index contributed by atoms with van der Waals surface area (Å²) in [7, 11) is 3.33. The Hall–Kier alpha value is -5.29. The van der Waals surface area contributed by atoms with Gasteiger partial charge in [-0.1, -0.05) is 6.07 Å². The largest absolute Gasteiger partial charge is 0.494 e. The summed E-state index contributed by atoms with van der Waals surface area (Å²) in [6.07, 6.45) is 3.93. The van der Waals surface area contributed by atoms with Crippen molar-refractivity contribution >= 4 is 39.9 Å². The Kier molecular flexibility index (Phi) is 7.15. The predicted molar refractivity (Wildman–Crippen MR) is 164 cm³/mol. The van der Waals surface area contributed by atoms with Gasteiger partial charge in [-0.25, -0.2) is 15.0 Å². The Morgan fingerprint density at radius 2 is 1.91 bits per heavy atom. The molecule has 0 spiro atoms. The predicted octanol–water partition coefficient (Wildman–Crippen LogP) is 4.60. The topological polar surface area (TPSA) is 157 Å². The molecule has 44 heavy (non-hydrogen) atoms. The second-order valence-corrected chi connectivity index (χ2v) is 10.8. The molecule has 0 amide bonds. The van der Waals surface area contributed by atoms with Crippen LogP contribution >= 0.6 is 0 Å². The SMILES string of the molecule is COc1c(Nc2cc(Nc3ccc(N4CCC4)c(C#N)n3)nc3c2nc(C)n3C2CCCCO2)cccc1-c1nnn(C)n1. The highest BCUT2D eigenvalue weighted by atomic mass is 16.5. The quantitative estimate of drug-likeness (QED) is 0.258. The van der Waals surface area contributed by atoms with Gasteiger partial charge in [0.2, 0.25) is 5.82 Å². The van der Waals surface area contributed by atoms with Crippen molar-refractivity contribution in [3.05, 3.63) is 47.9 Å². The highest BCUT2D eigenvalue weighted by Crippen LogP contribution is 2.39. The number of aryl methyl sites for hydroxylation is 2. The second-order valence-electron chi connectivity index (χ2n) is 10.8. The first-order valence-corrected chi connectivity index (χ1v) is 14.6. The van der Waals surface area contributed by atoms with E-state index in [2.05, 4.69) is 46.6 Å². The van der Waals surface area contributed by atoms with Gasteiger partial charge in [0, 0.05) is 25.8 Å². The Morgan fingerprint density at radius 3 is 2.61 bits per heavy atom. The average Bonchev–Trinajstić information content (AvgIpc) is 3.59. The minimum absolute atomic E-state index is 0.163. The van der Waals surface area contributed by atoms with Crippen LogP contribution in [0.25, 0.3) is 22.6 Å².